The summed E-state index contributed by atoms with van der Waals surface area (Å²) in [4.78, 5) is 0. The molecule has 0 aliphatic rings. The second-order valence-corrected chi connectivity index (χ2v) is 5.40. The topological polar surface area (TPSA) is 21.3 Å². The van der Waals surface area contributed by atoms with Crippen molar-refractivity contribution in [3.05, 3.63) is 22.8 Å². The summed E-state index contributed by atoms with van der Waals surface area (Å²) in [5.74, 6) is 0.967. The number of hydrogen-bond acceptors (Lipinski definition) is 2. The third kappa shape index (κ3) is 2.69. The Bertz CT molecular complexity index is 389. The number of hydrogen-bond donors (Lipinski definition) is 1. The number of ether oxygens (including phenoxy) is 1. The number of methoxy groups -OCH3 is 1. The first kappa shape index (κ1) is 12.9. The molecule has 1 aromatic carbocycles. The van der Waals surface area contributed by atoms with Crippen LogP contribution in [-0.2, 0) is 0 Å². The Morgan fingerprint density at radius 1 is 1.06 bits per heavy atom. The zero-order chi connectivity index (χ0) is 12.5. The number of nitrogens with one attached hydrogen (secondary N) is 1. The van der Waals surface area contributed by atoms with Gasteiger partial charge in [-0.3, -0.25) is 0 Å². The summed E-state index contributed by atoms with van der Waals surface area (Å²) in [6, 6.07) is 2.09. The minimum Gasteiger partial charge on any atom is -0.496 e. The smallest absolute Gasteiger partial charge is 0.122 e. The monoisotopic (exact) mass is 221 g/mol. The lowest BCUT2D eigenvalue weighted by Crippen LogP contribution is -2.27. The van der Waals surface area contributed by atoms with Gasteiger partial charge < -0.3 is 10.1 Å². The molecule has 0 aromatic heterocycles. The lowest BCUT2D eigenvalue weighted by Gasteiger charge is -2.26. The van der Waals surface area contributed by atoms with Crippen molar-refractivity contribution < 1.29 is 4.74 Å². The van der Waals surface area contributed by atoms with Crippen LogP contribution < -0.4 is 10.1 Å². The van der Waals surface area contributed by atoms with Gasteiger partial charge in [0.15, 0.2) is 0 Å². The highest BCUT2D eigenvalue weighted by atomic mass is 16.5. The number of anilines is 1. The van der Waals surface area contributed by atoms with Crippen LogP contribution in [0.25, 0.3) is 0 Å². The van der Waals surface area contributed by atoms with E-state index >= 15 is 0 Å². The molecule has 1 rings (SSSR count). The van der Waals surface area contributed by atoms with Gasteiger partial charge in [0.1, 0.15) is 5.75 Å². The molecule has 0 atom stereocenters. The van der Waals surface area contributed by atoms with Gasteiger partial charge in [-0.15, -0.1) is 0 Å². The van der Waals surface area contributed by atoms with Gasteiger partial charge in [0.05, 0.1) is 7.11 Å². The van der Waals surface area contributed by atoms with Gasteiger partial charge >= 0.3 is 0 Å². The Morgan fingerprint density at radius 3 is 2.06 bits per heavy atom. The van der Waals surface area contributed by atoms with Crippen LogP contribution in [0.5, 0.6) is 5.75 Å². The van der Waals surface area contributed by atoms with Crippen molar-refractivity contribution in [2.75, 3.05) is 12.4 Å². The fourth-order valence-corrected chi connectivity index (χ4v) is 1.82. The summed E-state index contributed by atoms with van der Waals surface area (Å²) in [6.45, 7) is 12.9. The SMILES string of the molecule is COc1cc(C)c(NC(C)(C)C)c(C)c1C. The number of aryl methyl sites for hydroxylation is 1. The minimum atomic E-state index is 0.0799. The van der Waals surface area contributed by atoms with E-state index in [0.717, 1.165) is 5.75 Å². The molecule has 2 heteroatoms. The van der Waals surface area contributed by atoms with Crippen LogP contribution in [0.15, 0.2) is 6.07 Å². The van der Waals surface area contributed by atoms with Crippen LogP contribution in [0.3, 0.4) is 0 Å². The highest BCUT2D eigenvalue weighted by molar-refractivity contribution is 5.64. The molecule has 0 aliphatic heterocycles. The van der Waals surface area contributed by atoms with Crippen LogP contribution in [0.1, 0.15) is 37.5 Å². The molecule has 0 saturated carbocycles. The van der Waals surface area contributed by atoms with E-state index in [1.807, 2.05) is 0 Å². The molecule has 0 aliphatic carbocycles. The summed E-state index contributed by atoms with van der Waals surface area (Å²) in [5, 5.41) is 3.55. The normalized spacial score (nSPS) is 11.4. The Balaban J connectivity index is 3.26. The highest BCUT2D eigenvalue weighted by Crippen LogP contribution is 2.32. The molecule has 16 heavy (non-hydrogen) atoms. The van der Waals surface area contributed by atoms with E-state index in [2.05, 4.69) is 52.9 Å². The molecule has 1 aromatic rings. The Kier molecular flexibility index (Phi) is 3.51. The van der Waals surface area contributed by atoms with Crippen molar-refractivity contribution in [3.63, 3.8) is 0 Å². The van der Waals surface area contributed by atoms with Crippen LogP contribution >= 0.6 is 0 Å². The van der Waals surface area contributed by atoms with Gasteiger partial charge in [0.2, 0.25) is 0 Å². The third-order valence-electron chi connectivity index (χ3n) is 2.77. The maximum Gasteiger partial charge on any atom is 0.122 e. The summed E-state index contributed by atoms with van der Waals surface area (Å²) in [5.41, 5.74) is 5.02. The molecule has 2 nitrogen and oxygen atoms in total. The molecule has 0 fully saturated rings. The quantitative estimate of drug-likeness (QED) is 0.819. The van der Waals surface area contributed by atoms with E-state index in [4.69, 9.17) is 4.74 Å². The summed E-state index contributed by atoms with van der Waals surface area (Å²) < 4.78 is 5.36. The molecule has 90 valence electrons. The molecule has 0 amide bonds. The van der Waals surface area contributed by atoms with E-state index in [9.17, 15) is 0 Å². The Hall–Kier alpha value is -1.18. The zero-order valence-electron chi connectivity index (χ0n) is 11.5. The molecule has 0 bridgehead atoms. The van der Waals surface area contributed by atoms with Crippen molar-refractivity contribution in [2.45, 2.75) is 47.1 Å². The molecule has 0 spiro atoms. The van der Waals surface area contributed by atoms with E-state index in [-0.39, 0.29) is 5.54 Å². The van der Waals surface area contributed by atoms with Gasteiger partial charge in [-0.25, -0.2) is 0 Å². The van der Waals surface area contributed by atoms with Crippen molar-refractivity contribution >= 4 is 5.69 Å². The highest BCUT2D eigenvalue weighted by Gasteiger charge is 2.15. The summed E-state index contributed by atoms with van der Waals surface area (Å²) in [6.07, 6.45) is 0. The molecule has 0 unspecified atom stereocenters. The van der Waals surface area contributed by atoms with Gasteiger partial charge in [0, 0.05) is 11.2 Å². The molecule has 1 N–H and O–H groups in total. The average Bonchev–Trinajstić information content (AvgIpc) is 2.17. The standard InChI is InChI=1S/C14H23NO/c1-9-8-12(16-7)10(2)11(3)13(9)15-14(4,5)6/h8,15H,1-7H3. The second-order valence-electron chi connectivity index (χ2n) is 5.40. The predicted octanol–water partition coefficient (Wildman–Crippen LogP) is 3.83. The van der Waals surface area contributed by atoms with Gasteiger partial charge in [0.25, 0.3) is 0 Å². The fourth-order valence-electron chi connectivity index (χ4n) is 1.82. The number of rotatable bonds is 2. The van der Waals surface area contributed by atoms with E-state index in [1.54, 1.807) is 7.11 Å². The van der Waals surface area contributed by atoms with E-state index < -0.39 is 0 Å². The molecule has 0 radical (unpaired) electrons. The molecule has 0 heterocycles. The maximum absolute atomic E-state index is 5.36. The second kappa shape index (κ2) is 4.36. The first-order valence-corrected chi connectivity index (χ1v) is 5.69. The van der Waals surface area contributed by atoms with Crippen LogP contribution in [0.2, 0.25) is 0 Å². The number of benzene rings is 1. The Morgan fingerprint density at radius 2 is 1.62 bits per heavy atom. The van der Waals surface area contributed by atoms with Crippen LogP contribution in [0.4, 0.5) is 5.69 Å². The van der Waals surface area contributed by atoms with Gasteiger partial charge in [-0.2, -0.15) is 0 Å². The average molecular weight is 221 g/mol. The minimum absolute atomic E-state index is 0.0799. The first-order chi connectivity index (χ1) is 7.26. The lowest BCUT2D eigenvalue weighted by atomic mass is 9.99. The zero-order valence-corrected chi connectivity index (χ0v) is 11.5. The van der Waals surface area contributed by atoms with Crippen LogP contribution in [-0.4, -0.2) is 12.6 Å². The Labute approximate surface area is 99.0 Å². The maximum atomic E-state index is 5.36. The van der Waals surface area contributed by atoms with Gasteiger partial charge in [-0.1, -0.05) is 0 Å². The first-order valence-electron chi connectivity index (χ1n) is 5.69. The molecular weight excluding hydrogens is 198 g/mol. The largest absolute Gasteiger partial charge is 0.496 e. The van der Waals surface area contributed by atoms with E-state index in [1.165, 1.54) is 22.4 Å². The van der Waals surface area contributed by atoms with E-state index in [0.29, 0.717) is 0 Å². The van der Waals surface area contributed by atoms with Gasteiger partial charge in [-0.05, 0) is 64.3 Å². The molecular formula is C14H23NO. The summed E-state index contributed by atoms with van der Waals surface area (Å²) in [7, 11) is 1.72. The van der Waals surface area contributed by atoms with Crippen molar-refractivity contribution in [3.8, 4) is 5.75 Å². The van der Waals surface area contributed by atoms with Crippen LogP contribution in [0, 0.1) is 20.8 Å². The van der Waals surface area contributed by atoms with Crippen molar-refractivity contribution in [1.82, 2.24) is 0 Å². The van der Waals surface area contributed by atoms with Crippen molar-refractivity contribution in [2.24, 2.45) is 0 Å². The third-order valence-corrected chi connectivity index (χ3v) is 2.77. The van der Waals surface area contributed by atoms with Crippen molar-refractivity contribution in [1.29, 1.82) is 0 Å². The lowest BCUT2D eigenvalue weighted by molar-refractivity contribution is 0.411. The fraction of sp³-hybridized carbons (Fsp3) is 0.571. The summed E-state index contributed by atoms with van der Waals surface area (Å²) >= 11 is 0. The predicted molar refractivity (Wildman–Crippen MR) is 70.6 cm³/mol. The molecule has 0 saturated heterocycles.